The van der Waals surface area contributed by atoms with Crippen molar-refractivity contribution >= 4 is 21.7 Å². The number of nitrogens with one attached hydrogen (secondary N) is 1. The smallest absolute Gasteiger partial charge is 0.338 e. The first-order chi connectivity index (χ1) is 11.9. The Hall–Kier alpha value is -2.15. The zero-order valence-corrected chi connectivity index (χ0v) is 15.1. The van der Waals surface area contributed by atoms with Gasteiger partial charge in [0, 0.05) is 12.8 Å². The molecule has 0 heterocycles. The number of hydrogen-bond acceptors (Lipinski definition) is 5. The van der Waals surface area contributed by atoms with Crippen molar-refractivity contribution in [3.8, 4) is 0 Å². The standard InChI is InChI=1S/C18H23NO5S/c1-25(22,23)16-9-7-15(8-10-16)18(21)24-13-17(20)19-12-11-14-5-3-2-4-6-14/h5,7-10H,2-4,6,11-13H2,1H3,(H,19,20). The first kappa shape index (κ1) is 19.2. The average Bonchev–Trinajstić information content (AvgIpc) is 2.60. The molecule has 0 atom stereocenters. The molecule has 25 heavy (non-hydrogen) atoms. The van der Waals surface area contributed by atoms with Crippen molar-refractivity contribution in [2.45, 2.75) is 37.0 Å². The highest BCUT2D eigenvalue weighted by Gasteiger charge is 2.12. The van der Waals surface area contributed by atoms with Gasteiger partial charge in [-0.1, -0.05) is 11.6 Å². The van der Waals surface area contributed by atoms with Crippen LogP contribution in [0, 0.1) is 0 Å². The van der Waals surface area contributed by atoms with Crippen molar-refractivity contribution in [1.29, 1.82) is 0 Å². The lowest BCUT2D eigenvalue weighted by atomic mass is 9.97. The maximum atomic E-state index is 11.9. The molecule has 0 spiro atoms. The lowest BCUT2D eigenvalue weighted by Gasteiger charge is -2.13. The number of hydrogen-bond donors (Lipinski definition) is 1. The van der Waals surface area contributed by atoms with Crippen molar-refractivity contribution in [2.24, 2.45) is 0 Å². The molecular formula is C18H23NO5S. The van der Waals surface area contributed by atoms with Crippen LogP contribution < -0.4 is 5.32 Å². The van der Waals surface area contributed by atoms with E-state index in [4.69, 9.17) is 4.74 Å². The Morgan fingerprint density at radius 1 is 1.16 bits per heavy atom. The van der Waals surface area contributed by atoms with E-state index in [9.17, 15) is 18.0 Å². The Labute approximate surface area is 148 Å². The minimum absolute atomic E-state index is 0.124. The van der Waals surface area contributed by atoms with Crippen molar-refractivity contribution in [2.75, 3.05) is 19.4 Å². The van der Waals surface area contributed by atoms with E-state index in [1.54, 1.807) is 0 Å². The molecule has 0 saturated heterocycles. The second-order valence-corrected chi connectivity index (χ2v) is 8.10. The molecule has 0 aliphatic heterocycles. The van der Waals surface area contributed by atoms with Gasteiger partial charge in [-0.25, -0.2) is 13.2 Å². The second-order valence-electron chi connectivity index (χ2n) is 6.08. The van der Waals surface area contributed by atoms with E-state index >= 15 is 0 Å². The molecular weight excluding hydrogens is 342 g/mol. The van der Waals surface area contributed by atoms with Gasteiger partial charge in [-0.2, -0.15) is 0 Å². The van der Waals surface area contributed by atoms with Gasteiger partial charge < -0.3 is 10.1 Å². The number of amides is 1. The van der Waals surface area contributed by atoms with E-state index in [-0.39, 0.29) is 23.0 Å². The lowest BCUT2D eigenvalue weighted by Crippen LogP contribution is -2.29. The van der Waals surface area contributed by atoms with Crippen LogP contribution in [-0.2, 0) is 19.4 Å². The Bertz CT molecular complexity index is 750. The number of rotatable bonds is 7. The normalized spacial score (nSPS) is 14.5. The van der Waals surface area contributed by atoms with Crippen LogP contribution in [0.15, 0.2) is 40.8 Å². The molecule has 0 saturated carbocycles. The highest BCUT2D eigenvalue weighted by molar-refractivity contribution is 7.90. The molecule has 7 heteroatoms. The second kappa shape index (κ2) is 8.80. The third-order valence-electron chi connectivity index (χ3n) is 4.01. The Balaban J connectivity index is 1.73. The maximum absolute atomic E-state index is 11.9. The van der Waals surface area contributed by atoms with E-state index in [0.717, 1.165) is 25.5 Å². The van der Waals surface area contributed by atoms with Crippen LogP contribution in [0.3, 0.4) is 0 Å². The van der Waals surface area contributed by atoms with Gasteiger partial charge in [0.15, 0.2) is 16.4 Å². The summed E-state index contributed by atoms with van der Waals surface area (Å²) < 4.78 is 27.7. The third kappa shape index (κ3) is 6.34. The predicted molar refractivity (Wildman–Crippen MR) is 94.0 cm³/mol. The molecule has 1 N–H and O–H groups in total. The molecule has 0 fully saturated rings. The minimum Gasteiger partial charge on any atom is -0.452 e. The summed E-state index contributed by atoms with van der Waals surface area (Å²) in [4.78, 5) is 23.7. The highest BCUT2D eigenvalue weighted by Crippen LogP contribution is 2.19. The van der Waals surface area contributed by atoms with E-state index in [1.807, 2.05) is 0 Å². The minimum atomic E-state index is -3.31. The molecule has 0 aromatic heterocycles. The van der Waals surface area contributed by atoms with Crippen LogP contribution in [-0.4, -0.2) is 39.7 Å². The first-order valence-electron chi connectivity index (χ1n) is 8.28. The molecule has 1 aliphatic rings. The van der Waals surface area contributed by atoms with E-state index in [1.165, 1.54) is 42.7 Å². The summed E-state index contributed by atoms with van der Waals surface area (Å²) in [6.07, 6.45) is 8.79. The Morgan fingerprint density at radius 3 is 2.48 bits per heavy atom. The zero-order chi connectivity index (χ0) is 18.3. The number of sulfone groups is 1. The summed E-state index contributed by atoms with van der Waals surface area (Å²) >= 11 is 0. The number of ether oxygens (including phenoxy) is 1. The fourth-order valence-corrected chi connectivity index (χ4v) is 3.23. The molecule has 1 aliphatic carbocycles. The maximum Gasteiger partial charge on any atom is 0.338 e. The van der Waals surface area contributed by atoms with E-state index < -0.39 is 15.8 Å². The van der Waals surface area contributed by atoms with E-state index in [2.05, 4.69) is 11.4 Å². The van der Waals surface area contributed by atoms with Crippen LogP contribution in [0.1, 0.15) is 42.5 Å². The van der Waals surface area contributed by atoms with Crippen LogP contribution in [0.2, 0.25) is 0 Å². The SMILES string of the molecule is CS(=O)(=O)c1ccc(C(=O)OCC(=O)NCCC2=CCCCC2)cc1. The molecule has 1 amide bonds. The third-order valence-corrected chi connectivity index (χ3v) is 5.13. The molecule has 136 valence electrons. The van der Waals surface area contributed by atoms with Gasteiger partial charge in [0.05, 0.1) is 10.5 Å². The summed E-state index contributed by atoms with van der Waals surface area (Å²) in [6.45, 7) is 0.178. The number of benzene rings is 1. The molecule has 0 radical (unpaired) electrons. The van der Waals surface area contributed by atoms with Crippen molar-refractivity contribution in [3.05, 3.63) is 41.5 Å². The van der Waals surface area contributed by atoms with Gasteiger partial charge in [0.2, 0.25) is 0 Å². The summed E-state index contributed by atoms with van der Waals surface area (Å²) in [7, 11) is -3.31. The van der Waals surface area contributed by atoms with Crippen LogP contribution in [0.25, 0.3) is 0 Å². The number of carbonyl (C=O) groups excluding carboxylic acids is 2. The van der Waals surface area contributed by atoms with Gasteiger partial charge >= 0.3 is 5.97 Å². The fourth-order valence-electron chi connectivity index (χ4n) is 2.60. The first-order valence-corrected chi connectivity index (χ1v) is 10.2. The number of esters is 1. The average molecular weight is 365 g/mol. The van der Waals surface area contributed by atoms with Gasteiger partial charge in [0.1, 0.15) is 0 Å². The lowest BCUT2D eigenvalue weighted by molar-refractivity contribution is -0.124. The van der Waals surface area contributed by atoms with Crippen LogP contribution in [0.4, 0.5) is 0 Å². The highest BCUT2D eigenvalue weighted by atomic mass is 32.2. The molecule has 0 unspecified atom stereocenters. The van der Waals surface area contributed by atoms with Gasteiger partial charge in [-0.15, -0.1) is 0 Å². The fraction of sp³-hybridized carbons (Fsp3) is 0.444. The largest absolute Gasteiger partial charge is 0.452 e. The van der Waals surface area contributed by atoms with Crippen molar-refractivity contribution in [3.63, 3.8) is 0 Å². The van der Waals surface area contributed by atoms with Crippen molar-refractivity contribution < 1.29 is 22.7 Å². The van der Waals surface area contributed by atoms with Crippen LogP contribution >= 0.6 is 0 Å². The molecule has 2 rings (SSSR count). The molecule has 0 bridgehead atoms. The van der Waals surface area contributed by atoms with Crippen LogP contribution in [0.5, 0.6) is 0 Å². The van der Waals surface area contributed by atoms with Crippen molar-refractivity contribution in [1.82, 2.24) is 5.32 Å². The number of allylic oxidation sites excluding steroid dienone is 1. The monoisotopic (exact) mass is 365 g/mol. The molecule has 1 aromatic carbocycles. The quantitative estimate of drug-likeness (QED) is 0.591. The predicted octanol–water partition coefficient (Wildman–Crippen LogP) is 2.25. The summed E-state index contributed by atoms with van der Waals surface area (Å²) in [5.74, 6) is -1.01. The summed E-state index contributed by atoms with van der Waals surface area (Å²) in [5.41, 5.74) is 1.57. The summed E-state index contributed by atoms with van der Waals surface area (Å²) in [6, 6.07) is 5.41. The Kier molecular flexibility index (Phi) is 6.75. The Morgan fingerprint density at radius 2 is 1.88 bits per heavy atom. The van der Waals surface area contributed by atoms with Gasteiger partial charge in [0.25, 0.3) is 5.91 Å². The summed E-state index contributed by atoms with van der Waals surface area (Å²) in [5, 5.41) is 2.73. The van der Waals surface area contributed by atoms with Gasteiger partial charge in [-0.05, 0) is 56.4 Å². The molecule has 6 nitrogen and oxygen atoms in total. The zero-order valence-electron chi connectivity index (χ0n) is 14.3. The number of carbonyl (C=O) groups is 2. The molecule has 1 aromatic rings. The van der Waals surface area contributed by atoms with Gasteiger partial charge in [-0.3, -0.25) is 4.79 Å². The van der Waals surface area contributed by atoms with E-state index in [0.29, 0.717) is 6.54 Å². The topological polar surface area (TPSA) is 89.5 Å².